The maximum absolute atomic E-state index is 12.1. The van der Waals surface area contributed by atoms with Crippen molar-refractivity contribution in [2.75, 3.05) is 5.32 Å². The third kappa shape index (κ3) is 3.34. The van der Waals surface area contributed by atoms with Gasteiger partial charge in [0.15, 0.2) is 0 Å². The van der Waals surface area contributed by atoms with Gasteiger partial charge in [0.05, 0.1) is 0 Å². The van der Waals surface area contributed by atoms with Crippen LogP contribution in [0.25, 0.3) is 0 Å². The summed E-state index contributed by atoms with van der Waals surface area (Å²) in [6, 6.07) is 12.6. The van der Waals surface area contributed by atoms with E-state index >= 15 is 0 Å². The highest BCUT2D eigenvalue weighted by atomic mass is 35.5. The standard InChI is InChI=1S/C15H15ClN2O/c1-10-8-13(16)6-7-14(10)18-15(19)12-4-2-11(9-17)3-5-12/h2-8H,9,17H2,1H3,(H,18,19). The Labute approximate surface area is 117 Å². The number of hydrogen-bond acceptors (Lipinski definition) is 2. The van der Waals surface area contributed by atoms with E-state index in [2.05, 4.69) is 5.32 Å². The number of anilines is 1. The SMILES string of the molecule is Cc1cc(Cl)ccc1NC(=O)c1ccc(CN)cc1. The summed E-state index contributed by atoms with van der Waals surface area (Å²) in [7, 11) is 0. The van der Waals surface area contributed by atoms with Gasteiger partial charge in [-0.05, 0) is 48.4 Å². The number of carbonyl (C=O) groups excluding carboxylic acids is 1. The van der Waals surface area contributed by atoms with E-state index in [0.29, 0.717) is 17.1 Å². The van der Waals surface area contributed by atoms with Crippen LogP contribution in [0.2, 0.25) is 5.02 Å². The fourth-order valence-corrected chi connectivity index (χ4v) is 1.98. The van der Waals surface area contributed by atoms with Crippen molar-refractivity contribution in [3.8, 4) is 0 Å². The molecule has 19 heavy (non-hydrogen) atoms. The van der Waals surface area contributed by atoms with E-state index < -0.39 is 0 Å². The van der Waals surface area contributed by atoms with Gasteiger partial charge in [0, 0.05) is 22.8 Å². The molecule has 0 aliphatic carbocycles. The first kappa shape index (κ1) is 13.6. The van der Waals surface area contributed by atoms with Gasteiger partial charge in [-0.25, -0.2) is 0 Å². The molecule has 2 aromatic carbocycles. The van der Waals surface area contributed by atoms with E-state index in [9.17, 15) is 4.79 Å². The fourth-order valence-electron chi connectivity index (χ4n) is 1.75. The molecule has 0 aromatic heterocycles. The van der Waals surface area contributed by atoms with Gasteiger partial charge in [-0.2, -0.15) is 0 Å². The molecule has 4 heteroatoms. The van der Waals surface area contributed by atoms with Gasteiger partial charge in [0.25, 0.3) is 5.91 Å². The van der Waals surface area contributed by atoms with Crippen LogP contribution in [-0.2, 0) is 6.54 Å². The van der Waals surface area contributed by atoms with Gasteiger partial charge in [-0.3, -0.25) is 4.79 Å². The highest BCUT2D eigenvalue weighted by Crippen LogP contribution is 2.20. The summed E-state index contributed by atoms with van der Waals surface area (Å²) in [5.74, 6) is -0.144. The lowest BCUT2D eigenvalue weighted by molar-refractivity contribution is 0.102. The zero-order valence-electron chi connectivity index (χ0n) is 10.6. The Kier molecular flexibility index (Phi) is 4.20. The monoisotopic (exact) mass is 274 g/mol. The van der Waals surface area contributed by atoms with Crippen LogP contribution in [0.5, 0.6) is 0 Å². The molecule has 0 radical (unpaired) electrons. The topological polar surface area (TPSA) is 55.1 Å². The summed E-state index contributed by atoms with van der Waals surface area (Å²) in [5.41, 5.74) is 8.81. The molecule has 0 spiro atoms. The third-order valence-corrected chi connectivity index (χ3v) is 3.12. The van der Waals surface area contributed by atoms with Gasteiger partial charge in [0.1, 0.15) is 0 Å². The molecular formula is C15H15ClN2O. The van der Waals surface area contributed by atoms with E-state index in [1.54, 1.807) is 24.3 Å². The lowest BCUT2D eigenvalue weighted by Crippen LogP contribution is -2.12. The maximum Gasteiger partial charge on any atom is 0.255 e. The van der Waals surface area contributed by atoms with E-state index in [1.165, 1.54) is 0 Å². The van der Waals surface area contributed by atoms with Crippen molar-refractivity contribution in [2.45, 2.75) is 13.5 Å². The molecule has 0 bridgehead atoms. The molecule has 2 rings (SSSR count). The van der Waals surface area contributed by atoms with Crippen molar-refractivity contribution in [2.24, 2.45) is 5.73 Å². The van der Waals surface area contributed by atoms with Crippen LogP contribution in [0.4, 0.5) is 5.69 Å². The van der Waals surface area contributed by atoms with Gasteiger partial charge >= 0.3 is 0 Å². The number of nitrogens with two attached hydrogens (primary N) is 1. The van der Waals surface area contributed by atoms with Crippen molar-refractivity contribution in [1.29, 1.82) is 0 Å². The molecule has 98 valence electrons. The maximum atomic E-state index is 12.1. The number of amides is 1. The largest absolute Gasteiger partial charge is 0.326 e. The van der Waals surface area contributed by atoms with Crippen molar-refractivity contribution < 1.29 is 4.79 Å². The number of rotatable bonds is 3. The minimum absolute atomic E-state index is 0.144. The highest BCUT2D eigenvalue weighted by Gasteiger charge is 2.07. The average molecular weight is 275 g/mol. The molecule has 0 heterocycles. The second-order valence-electron chi connectivity index (χ2n) is 4.31. The first-order valence-electron chi connectivity index (χ1n) is 5.96. The first-order chi connectivity index (χ1) is 9.10. The summed E-state index contributed by atoms with van der Waals surface area (Å²) >= 11 is 5.88. The van der Waals surface area contributed by atoms with Gasteiger partial charge in [-0.15, -0.1) is 0 Å². The minimum Gasteiger partial charge on any atom is -0.326 e. The van der Waals surface area contributed by atoms with Crippen molar-refractivity contribution >= 4 is 23.2 Å². The van der Waals surface area contributed by atoms with Crippen LogP contribution in [0.3, 0.4) is 0 Å². The summed E-state index contributed by atoms with van der Waals surface area (Å²) in [6.45, 7) is 2.37. The molecule has 0 aliphatic rings. The van der Waals surface area contributed by atoms with Gasteiger partial charge < -0.3 is 11.1 Å². The van der Waals surface area contributed by atoms with E-state index in [0.717, 1.165) is 16.8 Å². The number of halogens is 1. The zero-order valence-corrected chi connectivity index (χ0v) is 11.4. The van der Waals surface area contributed by atoms with Crippen LogP contribution < -0.4 is 11.1 Å². The molecule has 3 nitrogen and oxygen atoms in total. The van der Waals surface area contributed by atoms with E-state index in [4.69, 9.17) is 17.3 Å². The number of hydrogen-bond donors (Lipinski definition) is 2. The predicted octanol–water partition coefficient (Wildman–Crippen LogP) is 3.36. The van der Waals surface area contributed by atoms with Gasteiger partial charge in [-0.1, -0.05) is 23.7 Å². The number of carbonyl (C=O) groups is 1. The molecule has 0 fully saturated rings. The molecule has 0 aliphatic heterocycles. The average Bonchev–Trinajstić information content (AvgIpc) is 2.42. The molecule has 0 atom stereocenters. The lowest BCUT2D eigenvalue weighted by atomic mass is 10.1. The summed E-state index contributed by atoms with van der Waals surface area (Å²) in [4.78, 5) is 12.1. The van der Waals surface area contributed by atoms with Crippen LogP contribution >= 0.6 is 11.6 Å². The van der Waals surface area contributed by atoms with Crippen molar-refractivity contribution in [3.63, 3.8) is 0 Å². The molecule has 0 saturated heterocycles. The molecule has 2 aromatic rings. The van der Waals surface area contributed by atoms with E-state index in [1.807, 2.05) is 25.1 Å². The van der Waals surface area contributed by atoms with Gasteiger partial charge in [0.2, 0.25) is 0 Å². The third-order valence-electron chi connectivity index (χ3n) is 2.89. The molecule has 0 saturated carbocycles. The molecular weight excluding hydrogens is 260 g/mol. The normalized spacial score (nSPS) is 10.3. The smallest absolute Gasteiger partial charge is 0.255 e. The molecule has 1 amide bonds. The summed E-state index contributed by atoms with van der Waals surface area (Å²) in [6.07, 6.45) is 0. The van der Waals surface area contributed by atoms with Crippen molar-refractivity contribution in [1.82, 2.24) is 0 Å². The Bertz CT molecular complexity index is 594. The van der Waals surface area contributed by atoms with Crippen LogP contribution in [-0.4, -0.2) is 5.91 Å². The number of benzene rings is 2. The minimum atomic E-state index is -0.144. The zero-order chi connectivity index (χ0) is 13.8. The van der Waals surface area contributed by atoms with Crippen LogP contribution in [0.1, 0.15) is 21.5 Å². The number of aryl methyl sites for hydroxylation is 1. The predicted molar refractivity (Wildman–Crippen MR) is 78.5 cm³/mol. The second-order valence-corrected chi connectivity index (χ2v) is 4.75. The van der Waals surface area contributed by atoms with Crippen LogP contribution in [0, 0.1) is 6.92 Å². The fraction of sp³-hybridized carbons (Fsp3) is 0.133. The highest BCUT2D eigenvalue weighted by molar-refractivity contribution is 6.30. The lowest BCUT2D eigenvalue weighted by Gasteiger charge is -2.09. The van der Waals surface area contributed by atoms with Crippen molar-refractivity contribution in [3.05, 3.63) is 64.2 Å². The van der Waals surface area contributed by atoms with E-state index in [-0.39, 0.29) is 5.91 Å². The number of nitrogens with one attached hydrogen (secondary N) is 1. The summed E-state index contributed by atoms with van der Waals surface area (Å²) in [5, 5.41) is 3.52. The summed E-state index contributed by atoms with van der Waals surface area (Å²) < 4.78 is 0. The second kappa shape index (κ2) is 5.87. The first-order valence-corrected chi connectivity index (χ1v) is 6.34. The molecule has 0 unspecified atom stereocenters. The Morgan fingerprint density at radius 1 is 1.21 bits per heavy atom. The quantitative estimate of drug-likeness (QED) is 0.902. The Morgan fingerprint density at radius 2 is 1.89 bits per heavy atom. The molecule has 3 N–H and O–H groups in total. The Hall–Kier alpha value is -1.84. The Balaban J connectivity index is 2.15. The Morgan fingerprint density at radius 3 is 2.47 bits per heavy atom. The van der Waals surface area contributed by atoms with Crippen LogP contribution in [0.15, 0.2) is 42.5 Å².